The Morgan fingerprint density at radius 1 is 1.38 bits per heavy atom. The van der Waals surface area contributed by atoms with Crippen LogP contribution in [0.1, 0.15) is 12.8 Å². The van der Waals surface area contributed by atoms with Crippen LogP contribution in [0.2, 0.25) is 0 Å². The molecule has 0 spiro atoms. The van der Waals surface area contributed by atoms with Gasteiger partial charge in [-0.05, 0) is 12.5 Å². The molecule has 0 rings (SSSR count). The van der Waals surface area contributed by atoms with E-state index in [1.165, 1.54) is 6.08 Å². The predicted octanol–water partition coefficient (Wildman–Crippen LogP) is 0.555. The van der Waals surface area contributed by atoms with Gasteiger partial charge in [0.05, 0.1) is 12.3 Å². The highest BCUT2D eigenvalue weighted by atomic mass is 17.1. The third-order valence-corrected chi connectivity index (χ3v) is 1.35. The summed E-state index contributed by atoms with van der Waals surface area (Å²) >= 11 is 0. The highest BCUT2D eigenvalue weighted by Gasteiger charge is 2.19. The maximum absolute atomic E-state index is 10.4. The van der Waals surface area contributed by atoms with Crippen LogP contribution in [0.4, 0.5) is 0 Å². The standard InChI is InChI=1S/C7H10O6/c8-6(9)4-5(7(10)11)2-1-3-13-12/h1,3,5,12H,2,4H2,(H,8,9)(H,10,11)/b3-1+. The van der Waals surface area contributed by atoms with Crippen molar-refractivity contribution in [1.29, 1.82) is 0 Å². The van der Waals surface area contributed by atoms with Crippen molar-refractivity contribution >= 4 is 11.9 Å². The summed E-state index contributed by atoms with van der Waals surface area (Å²) in [6.45, 7) is 0. The first-order valence-corrected chi connectivity index (χ1v) is 3.47. The quantitative estimate of drug-likeness (QED) is 0.321. The van der Waals surface area contributed by atoms with Crippen LogP contribution >= 0.6 is 0 Å². The van der Waals surface area contributed by atoms with Crippen LogP contribution in [0.15, 0.2) is 12.3 Å². The van der Waals surface area contributed by atoms with Crippen LogP contribution in [0.5, 0.6) is 0 Å². The van der Waals surface area contributed by atoms with Gasteiger partial charge in [-0.15, -0.1) is 0 Å². The molecule has 0 aliphatic rings. The predicted molar refractivity (Wildman–Crippen MR) is 40.8 cm³/mol. The Labute approximate surface area is 74.0 Å². The van der Waals surface area contributed by atoms with Crippen molar-refractivity contribution in [2.75, 3.05) is 0 Å². The first-order valence-electron chi connectivity index (χ1n) is 3.47. The zero-order valence-electron chi connectivity index (χ0n) is 6.71. The minimum absolute atomic E-state index is 0.00218. The Balaban J connectivity index is 4.02. The molecule has 1 atom stereocenters. The summed E-state index contributed by atoms with van der Waals surface area (Å²) in [6.07, 6.45) is 1.67. The van der Waals surface area contributed by atoms with E-state index in [0.29, 0.717) is 0 Å². The van der Waals surface area contributed by atoms with Gasteiger partial charge >= 0.3 is 11.9 Å². The maximum atomic E-state index is 10.4. The van der Waals surface area contributed by atoms with Gasteiger partial charge in [0.2, 0.25) is 0 Å². The molecule has 0 saturated heterocycles. The second-order valence-electron chi connectivity index (χ2n) is 2.35. The third-order valence-electron chi connectivity index (χ3n) is 1.35. The van der Waals surface area contributed by atoms with Crippen molar-refractivity contribution in [3.8, 4) is 0 Å². The fourth-order valence-corrected chi connectivity index (χ4v) is 0.745. The average molecular weight is 190 g/mol. The Hall–Kier alpha value is -1.56. The molecule has 0 fully saturated rings. The molecule has 0 aliphatic heterocycles. The van der Waals surface area contributed by atoms with E-state index in [4.69, 9.17) is 15.5 Å². The van der Waals surface area contributed by atoms with Crippen LogP contribution in [-0.2, 0) is 14.5 Å². The summed E-state index contributed by atoms with van der Waals surface area (Å²) < 4.78 is 0. The number of aliphatic carboxylic acids is 2. The summed E-state index contributed by atoms with van der Waals surface area (Å²) in [5.74, 6) is -3.36. The first-order chi connectivity index (χ1) is 6.07. The van der Waals surface area contributed by atoms with E-state index < -0.39 is 24.3 Å². The van der Waals surface area contributed by atoms with Crippen LogP contribution in [0.25, 0.3) is 0 Å². The third kappa shape index (κ3) is 5.68. The molecule has 13 heavy (non-hydrogen) atoms. The molecule has 0 radical (unpaired) electrons. The Bertz CT molecular complexity index is 209. The summed E-state index contributed by atoms with van der Waals surface area (Å²) in [5.41, 5.74) is 0. The zero-order chi connectivity index (χ0) is 10.3. The highest BCUT2D eigenvalue weighted by Crippen LogP contribution is 2.09. The Kier molecular flexibility index (Phi) is 5.29. The summed E-state index contributed by atoms with van der Waals surface area (Å²) in [6, 6.07) is 0. The van der Waals surface area contributed by atoms with Crippen molar-refractivity contribution in [3.05, 3.63) is 12.3 Å². The molecule has 0 aromatic heterocycles. The number of hydrogen-bond donors (Lipinski definition) is 3. The van der Waals surface area contributed by atoms with Crippen molar-refractivity contribution in [2.24, 2.45) is 5.92 Å². The lowest BCUT2D eigenvalue weighted by Crippen LogP contribution is -2.16. The second-order valence-corrected chi connectivity index (χ2v) is 2.35. The van der Waals surface area contributed by atoms with Crippen LogP contribution < -0.4 is 0 Å². The molecular weight excluding hydrogens is 180 g/mol. The SMILES string of the molecule is O=C(O)CC(C/C=C/OO)C(=O)O. The minimum atomic E-state index is -1.19. The van der Waals surface area contributed by atoms with Gasteiger partial charge in [-0.25, -0.2) is 5.26 Å². The van der Waals surface area contributed by atoms with E-state index >= 15 is 0 Å². The summed E-state index contributed by atoms with van der Waals surface area (Å²) in [7, 11) is 0. The molecule has 0 aliphatic carbocycles. The smallest absolute Gasteiger partial charge is 0.307 e. The first kappa shape index (κ1) is 11.4. The second kappa shape index (κ2) is 6.01. The Morgan fingerprint density at radius 2 is 2.00 bits per heavy atom. The molecule has 3 N–H and O–H groups in total. The minimum Gasteiger partial charge on any atom is -0.481 e. The van der Waals surface area contributed by atoms with E-state index in [-0.39, 0.29) is 6.42 Å². The number of carboxylic acid groups (broad SMARTS) is 2. The lowest BCUT2D eigenvalue weighted by atomic mass is 10.0. The molecule has 0 aromatic rings. The normalized spacial score (nSPS) is 12.7. The number of carboxylic acids is 2. The van der Waals surface area contributed by atoms with Gasteiger partial charge in [-0.1, -0.05) is 0 Å². The van der Waals surface area contributed by atoms with Crippen LogP contribution in [0.3, 0.4) is 0 Å². The fraction of sp³-hybridized carbons (Fsp3) is 0.429. The largest absolute Gasteiger partial charge is 0.481 e. The average Bonchev–Trinajstić information content (AvgIpc) is 2.02. The Morgan fingerprint density at radius 3 is 2.38 bits per heavy atom. The van der Waals surface area contributed by atoms with Gasteiger partial charge in [0.15, 0.2) is 0 Å². The molecule has 1 unspecified atom stereocenters. The molecule has 6 heteroatoms. The monoisotopic (exact) mass is 190 g/mol. The molecule has 74 valence electrons. The van der Waals surface area contributed by atoms with Gasteiger partial charge in [0.1, 0.15) is 6.26 Å². The molecule has 0 heterocycles. The number of rotatable bonds is 6. The highest BCUT2D eigenvalue weighted by molar-refractivity contribution is 5.77. The topological polar surface area (TPSA) is 104 Å². The van der Waals surface area contributed by atoms with Gasteiger partial charge in [0, 0.05) is 0 Å². The molecule has 0 aromatic carbocycles. The van der Waals surface area contributed by atoms with Crippen molar-refractivity contribution < 1.29 is 29.9 Å². The van der Waals surface area contributed by atoms with E-state index in [2.05, 4.69) is 4.89 Å². The fourth-order valence-electron chi connectivity index (χ4n) is 0.745. The number of carbonyl (C=O) groups is 2. The van der Waals surface area contributed by atoms with Crippen molar-refractivity contribution in [3.63, 3.8) is 0 Å². The molecule has 0 bridgehead atoms. The van der Waals surface area contributed by atoms with Gasteiger partial charge in [-0.3, -0.25) is 9.59 Å². The zero-order valence-corrected chi connectivity index (χ0v) is 6.71. The molecular formula is C7H10O6. The van der Waals surface area contributed by atoms with E-state index in [1.54, 1.807) is 0 Å². The number of hydrogen-bond acceptors (Lipinski definition) is 4. The lowest BCUT2D eigenvalue weighted by molar-refractivity contribution is -0.186. The van der Waals surface area contributed by atoms with Gasteiger partial charge in [-0.2, -0.15) is 0 Å². The van der Waals surface area contributed by atoms with Crippen LogP contribution in [0, 0.1) is 5.92 Å². The van der Waals surface area contributed by atoms with Crippen LogP contribution in [-0.4, -0.2) is 27.4 Å². The summed E-state index contributed by atoms with van der Waals surface area (Å²) in [4.78, 5) is 24.2. The maximum Gasteiger partial charge on any atom is 0.307 e. The van der Waals surface area contributed by atoms with Crippen molar-refractivity contribution in [1.82, 2.24) is 0 Å². The number of allylic oxidation sites excluding steroid dienone is 1. The molecule has 6 nitrogen and oxygen atoms in total. The van der Waals surface area contributed by atoms with E-state index in [9.17, 15) is 9.59 Å². The molecule has 0 amide bonds. The lowest BCUT2D eigenvalue weighted by Gasteiger charge is -2.04. The van der Waals surface area contributed by atoms with E-state index in [1.807, 2.05) is 0 Å². The van der Waals surface area contributed by atoms with Crippen molar-refractivity contribution in [2.45, 2.75) is 12.8 Å². The van der Waals surface area contributed by atoms with Gasteiger partial charge < -0.3 is 15.1 Å². The van der Waals surface area contributed by atoms with E-state index in [0.717, 1.165) is 6.26 Å². The molecule has 0 saturated carbocycles. The van der Waals surface area contributed by atoms with Gasteiger partial charge in [0.25, 0.3) is 0 Å². The summed E-state index contributed by atoms with van der Waals surface area (Å²) in [5, 5.41) is 24.7.